The van der Waals surface area contributed by atoms with Crippen LogP contribution in [0.1, 0.15) is 12.0 Å². The molecule has 0 bridgehead atoms. The molecule has 2 rings (SSSR count). The Labute approximate surface area is 157 Å². The van der Waals surface area contributed by atoms with Crippen molar-refractivity contribution in [1.82, 2.24) is 0 Å². The second-order valence-corrected chi connectivity index (χ2v) is 6.14. The summed E-state index contributed by atoms with van der Waals surface area (Å²) in [5.74, 6) is -5.03. The van der Waals surface area contributed by atoms with Gasteiger partial charge in [0.2, 0.25) is 5.91 Å². The largest absolute Gasteiger partial charge is 0.449 e. The molecule has 10 heteroatoms. The number of benzene rings is 2. The van der Waals surface area contributed by atoms with Gasteiger partial charge in [-0.2, -0.15) is 18.4 Å². The molecule has 0 saturated heterocycles. The molecule has 0 aromatic heterocycles. The molecule has 0 aliphatic carbocycles. The number of amides is 1. The van der Waals surface area contributed by atoms with E-state index in [1.165, 1.54) is 12.1 Å². The smallest absolute Gasteiger partial charge is 0.416 e. The van der Waals surface area contributed by atoms with Crippen LogP contribution in [0.2, 0.25) is 0 Å². The van der Waals surface area contributed by atoms with E-state index in [1.54, 1.807) is 12.1 Å². The molecule has 2 aromatic rings. The highest BCUT2D eigenvalue weighted by Gasteiger charge is 2.33. The molecular formula is C16H8F5IN2O2. The van der Waals surface area contributed by atoms with Gasteiger partial charge in [0.25, 0.3) is 0 Å². The molecule has 136 valence electrons. The molecule has 0 atom stereocenters. The quantitative estimate of drug-likeness (QED) is 0.480. The fourth-order valence-corrected chi connectivity index (χ4v) is 2.34. The van der Waals surface area contributed by atoms with Crippen LogP contribution < -0.4 is 10.1 Å². The molecule has 1 amide bonds. The maximum absolute atomic E-state index is 13.9. The van der Waals surface area contributed by atoms with Gasteiger partial charge in [-0.25, -0.2) is 8.78 Å². The third kappa shape index (κ3) is 4.81. The summed E-state index contributed by atoms with van der Waals surface area (Å²) in [6.07, 6.45) is -5.38. The normalized spacial score (nSPS) is 11.0. The summed E-state index contributed by atoms with van der Waals surface area (Å²) in [6, 6.07) is 6.09. The summed E-state index contributed by atoms with van der Waals surface area (Å²) in [5.41, 5.74) is -1.49. The third-order valence-electron chi connectivity index (χ3n) is 2.99. The summed E-state index contributed by atoms with van der Waals surface area (Å²) in [4.78, 5) is 11.5. The monoisotopic (exact) mass is 482 g/mol. The number of anilines is 1. The average molecular weight is 482 g/mol. The van der Waals surface area contributed by atoms with Crippen molar-refractivity contribution in [2.24, 2.45) is 0 Å². The molecule has 0 radical (unpaired) electrons. The van der Waals surface area contributed by atoms with Gasteiger partial charge in [0.15, 0.2) is 23.1 Å². The van der Waals surface area contributed by atoms with Crippen molar-refractivity contribution >= 4 is 34.2 Å². The lowest BCUT2D eigenvalue weighted by Gasteiger charge is -2.15. The highest BCUT2D eigenvalue weighted by atomic mass is 127. The van der Waals surface area contributed by atoms with Gasteiger partial charge in [-0.3, -0.25) is 4.79 Å². The Morgan fingerprint density at radius 2 is 1.81 bits per heavy atom. The molecule has 0 aliphatic rings. The Bertz CT molecular complexity index is 870. The van der Waals surface area contributed by atoms with E-state index in [9.17, 15) is 26.7 Å². The molecule has 0 heterocycles. The summed E-state index contributed by atoms with van der Waals surface area (Å²) < 4.78 is 71.3. The minimum atomic E-state index is -4.92. The summed E-state index contributed by atoms with van der Waals surface area (Å²) in [7, 11) is 0. The zero-order valence-corrected chi connectivity index (χ0v) is 14.8. The van der Waals surface area contributed by atoms with Crippen molar-refractivity contribution in [1.29, 1.82) is 5.26 Å². The van der Waals surface area contributed by atoms with E-state index in [2.05, 4.69) is 5.32 Å². The SMILES string of the molecule is N#CCC(=O)Nc1ccc(I)cc1Oc1c(F)cc(C(F)(F)F)cc1F. The molecular weight excluding hydrogens is 474 g/mol. The maximum Gasteiger partial charge on any atom is 0.416 e. The maximum atomic E-state index is 13.9. The van der Waals surface area contributed by atoms with Gasteiger partial charge in [-0.05, 0) is 52.9 Å². The molecule has 0 fully saturated rings. The van der Waals surface area contributed by atoms with Crippen molar-refractivity contribution in [3.8, 4) is 17.6 Å². The number of carbonyl (C=O) groups is 1. The number of nitriles is 1. The van der Waals surface area contributed by atoms with Crippen LogP contribution in [-0.2, 0) is 11.0 Å². The van der Waals surface area contributed by atoms with Gasteiger partial charge in [0.05, 0.1) is 17.3 Å². The molecule has 0 spiro atoms. The number of alkyl halides is 3. The van der Waals surface area contributed by atoms with Crippen LogP contribution in [0.4, 0.5) is 27.6 Å². The van der Waals surface area contributed by atoms with E-state index in [4.69, 9.17) is 10.00 Å². The summed E-state index contributed by atoms with van der Waals surface area (Å²) >= 11 is 1.87. The molecule has 4 nitrogen and oxygen atoms in total. The van der Waals surface area contributed by atoms with Crippen LogP contribution in [-0.4, -0.2) is 5.91 Å². The molecule has 26 heavy (non-hydrogen) atoms. The van der Waals surface area contributed by atoms with Crippen LogP contribution >= 0.6 is 22.6 Å². The average Bonchev–Trinajstić information content (AvgIpc) is 2.52. The van der Waals surface area contributed by atoms with Crippen molar-refractivity contribution in [2.45, 2.75) is 12.6 Å². The molecule has 0 aliphatic heterocycles. The Morgan fingerprint density at radius 1 is 1.19 bits per heavy atom. The number of hydrogen-bond donors (Lipinski definition) is 1. The van der Waals surface area contributed by atoms with Crippen molar-refractivity contribution in [3.05, 3.63) is 51.1 Å². The summed E-state index contributed by atoms with van der Waals surface area (Å²) in [5, 5.41) is 10.8. The van der Waals surface area contributed by atoms with Crippen LogP contribution in [0.5, 0.6) is 11.5 Å². The van der Waals surface area contributed by atoms with Crippen molar-refractivity contribution in [2.75, 3.05) is 5.32 Å². The molecule has 1 N–H and O–H groups in total. The number of carbonyl (C=O) groups excluding carboxylic acids is 1. The van der Waals surface area contributed by atoms with E-state index in [-0.39, 0.29) is 23.6 Å². The van der Waals surface area contributed by atoms with E-state index >= 15 is 0 Å². The second-order valence-electron chi connectivity index (χ2n) is 4.89. The zero-order chi connectivity index (χ0) is 19.5. The van der Waals surface area contributed by atoms with Crippen LogP contribution in [0, 0.1) is 26.5 Å². The number of ether oxygens (including phenoxy) is 1. The summed E-state index contributed by atoms with van der Waals surface area (Å²) in [6.45, 7) is 0. The van der Waals surface area contributed by atoms with Crippen LogP contribution in [0.25, 0.3) is 0 Å². The number of hydrogen-bond acceptors (Lipinski definition) is 3. The van der Waals surface area contributed by atoms with Gasteiger partial charge in [-0.1, -0.05) is 0 Å². The Kier molecular flexibility index (Phi) is 6.01. The Hall–Kier alpha value is -2.42. The minimum absolute atomic E-state index is 0.00404. The molecule has 0 unspecified atom stereocenters. The third-order valence-corrected chi connectivity index (χ3v) is 3.67. The zero-order valence-electron chi connectivity index (χ0n) is 12.6. The highest BCUT2D eigenvalue weighted by Crippen LogP contribution is 2.37. The topological polar surface area (TPSA) is 62.1 Å². The Balaban J connectivity index is 2.41. The number of nitrogens with zero attached hydrogens (tertiary/aromatic N) is 1. The predicted octanol–water partition coefficient (Wildman–Crippen LogP) is 5.23. The second kappa shape index (κ2) is 7.86. The highest BCUT2D eigenvalue weighted by molar-refractivity contribution is 14.1. The first-order valence-electron chi connectivity index (χ1n) is 6.82. The van der Waals surface area contributed by atoms with Crippen molar-refractivity contribution < 1.29 is 31.5 Å². The first-order valence-corrected chi connectivity index (χ1v) is 7.90. The van der Waals surface area contributed by atoms with Gasteiger partial charge < -0.3 is 10.1 Å². The van der Waals surface area contributed by atoms with E-state index in [0.29, 0.717) is 3.57 Å². The molecule has 0 saturated carbocycles. The number of nitrogens with one attached hydrogen (secondary N) is 1. The fraction of sp³-hybridized carbons (Fsp3) is 0.125. The fourth-order valence-electron chi connectivity index (χ4n) is 1.88. The van der Waals surface area contributed by atoms with E-state index < -0.39 is 41.5 Å². The lowest BCUT2D eigenvalue weighted by atomic mass is 10.2. The predicted molar refractivity (Wildman–Crippen MR) is 89.5 cm³/mol. The van der Waals surface area contributed by atoms with E-state index in [0.717, 1.165) is 0 Å². The van der Waals surface area contributed by atoms with Crippen molar-refractivity contribution in [3.63, 3.8) is 0 Å². The first kappa shape index (κ1) is 19.9. The van der Waals surface area contributed by atoms with Gasteiger partial charge >= 0.3 is 6.18 Å². The van der Waals surface area contributed by atoms with Gasteiger partial charge in [0, 0.05) is 3.57 Å². The van der Waals surface area contributed by atoms with E-state index in [1.807, 2.05) is 22.6 Å². The number of rotatable bonds is 4. The van der Waals surface area contributed by atoms with Gasteiger partial charge in [0.1, 0.15) is 6.42 Å². The minimum Gasteiger partial charge on any atom is -0.449 e. The number of halogens is 6. The first-order chi connectivity index (χ1) is 12.1. The lowest BCUT2D eigenvalue weighted by Crippen LogP contribution is -2.11. The van der Waals surface area contributed by atoms with Crippen LogP contribution in [0.15, 0.2) is 30.3 Å². The standard InChI is InChI=1S/C16H8F5IN2O2/c17-10-5-8(16(19,20)21)6-11(18)15(10)26-13-7-9(22)1-2-12(13)24-14(25)3-4-23/h1-2,5-7H,3H2,(H,24,25). The van der Waals surface area contributed by atoms with Crippen LogP contribution in [0.3, 0.4) is 0 Å². The Morgan fingerprint density at radius 3 is 2.35 bits per heavy atom. The lowest BCUT2D eigenvalue weighted by molar-refractivity contribution is -0.138. The van der Waals surface area contributed by atoms with Gasteiger partial charge in [-0.15, -0.1) is 0 Å². The molecule has 2 aromatic carbocycles.